The normalized spacial score (nSPS) is 26.5. The number of piperazine rings is 1. The van der Waals surface area contributed by atoms with Gasteiger partial charge in [0.25, 0.3) is 0 Å². The number of nitrogens with zero attached hydrogens (tertiary/aromatic N) is 2. The summed E-state index contributed by atoms with van der Waals surface area (Å²) in [6.45, 7) is 7.76. The number of carbonyl (C=O) groups is 2. The minimum Gasteiger partial charge on any atom is -0.379 e. The zero-order chi connectivity index (χ0) is 15.4. The van der Waals surface area contributed by atoms with Crippen molar-refractivity contribution in [2.75, 3.05) is 46.4 Å². The van der Waals surface area contributed by atoms with E-state index in [1.54, 1.807) is 0 Å². The highest BCUT2D eigenvalue weighted by Crippen LogP contribution is 2.18. The van der Waals surface area contributed by atoms with Gasteiger partial charge in [0, 0.05) is 38.6 Å². The topological polar surface area (TPSA) is 61.9 Å². The molecule has 1 N–H and O–H groups in total. The van der Waals surface area contributed by atoms with Crippen LogP contribution in [0.1, 0.15) is 20.3 Å². The van der Waals surface area contributed by atoms with E-state index >= 15 is 0 Å². The van der Waals surface area contributed by atoms with Gasteiger partial charge in [-0.1, -0.05) is 13.8 Å². The second kappa shape index (κ2) is 7.22. The number of carbonyl (C=O) groups excluding carboxylic acids is 2. The van der Waals surface area contributed by atoms with Crippen LogP contribution in [0.4, 0.5) is 0 Å². The van der Waals surface area contributed by atoms with Crippen molar-refractivity contribution in [3.8, 4) is 0 Å². The lowest BCUT2D eigenvalue weighted by Crippen LogP contribution is -2.54. The molecule has 0 aromatic heterocycles. The molecule has 0 aromatic carbocycles. The van der Waals surface area contributed by atoms with E-state index < -0.39 is 0 Å². The van der Waals surface area contributed by atoms with Crippen LogP contribution in [0.15, 0.2) is 0 Å². The highest BCUT2D eigenvalue weighted by atomic mass is 16.5. The van der Waals surface area contributed by atoms with Crippen LogP contribution >= 0.6 is 0 Å². The van der Waals surface area contributed by atoms with Gasteiger partial charge in [0.2, 0.25) is 11.8 Å². The molecule has 120 valence electrons. The first kappa shape index (κ1) is 16.2. The summed E-state index contributed by atoms with van der Waals surface area (Å²) in [5.74, 6) is 0.648. The van der Waals surface area contributed by atoms with E-state index in [0.29, 0.717) is 51.7 Å². The fourth-order valence-corrected chi connectivity index (χ4v) is 2.97. The quantitative estimate of drug-likeness (QED) is 0.789. The molecule has 2 heterocycles. The highest BCUT2D eigenvalue weighted by Gasteiger charge is 2.36. The predicted molar refractivity (Wildman–Crippen MR) is 79.8 cm³/mol. The van der Waals surface area contributed by atoms with E-state index in [4.69, 9.17) is 4.74 Å². The van der Waals surface area contributed by atoms with Crippen molar-refractivity contribution in [1.82, 2.24) is 15.1 Å². The molecule has 0 radical (unpaired) electrons. The van der Waals surface area contributed by atoms with E-state index in [1.807, 2.05) is 16.8 Å². The number of likely N-dealkylation sites (N-methyl/N-ethyl adjacent to an activating group) is 1. The van der Waals surface area contributed by atoms with Crippen LogP contribution in [0.5, 0.6) is 0 Å². The second-order valence-electron chi connectivity index (χ2n) is 6.34. The Morgan fingerprint density at radius 2 is 1.76 bits per heavy atom. The lowest BCUT2D eigenvalue weighted by atomic mass is 10.0. The molecule has 2 saturated heterocycles. The van der Waals surface area contributed by atoms with Crippen LogP contribution in [-0.4, -0.2) is 74.1 Å². The molecule has 0 spiro atoms. The standard InChI is InChI=1S/C15H27N3O3/c1-11(2)8-14(19)17-4-6-18(7-5-17)15(20)12-9-21-10-13(12)16-3/h11-13,16H,4-10H2,1-3H3. The lowest BCUT2D eigenvalue weighted by Gasteiger charge is -2.36. The fraction of sp³-hybridized carbons (Fsp3) is 0.867. The number of rotatable bonds is 4. The van der Waals surface area contributed by atoms with Crippen molar-refractivity contribution in [3.63, 3.8) is 0 Å². The third kappa shape index (κ3) is 3.95. The van der Waals surface area contributed by atoms with Crippen molar-refractivity contribution < 1.29 is 14.3 Å². The lowest BCUT2D eigenvalue weighted by molar-refractivity contribution is -0.142. The molecule has 0 bridgehead atoms. The molecule has 0 aliphatic carbocycles. The summed E-state index contributed by atoms with van der Waals surface area (Å²) in [6, 6.07) is 0.109. The molecule has 2 atom stereocenters. The van der Waals surface area contributed by atoms with Gasteiger partial charge in [0.15, 0.2) is 0 Å². The molecule has 2 fully saturated rings. The molecule has 6 nitrogen and oxygen atoms in total. The summed E-state index contributed by atoms with van der Waals surface area (Å²) in [4.78, 5) is 28.3. The summed E-state index contributed by atoms with van der Waals surface area (Å²) < 4.78 is 5.40. The van der Waals surface area contributed by atoms with Crippen molar-refractivity contribution >= 4 is 11.8 Å². The maximum atomic E-state index is 12.5. The summed E-state index contributed by atoms with van der Waals surface area (Å²) in [7, 11) is 1.86. The van der Waals surface area contributed by atoms with Crippen LogP contribution in [0.2, 0.25) is 0 Å². The Hall–Kier alpha value is -1.14. The second-order valence-corrected chi connectivity index (χ2v) is 6.34. The third-order valence-corrected chi connectivity index (χ3v) is 4.30. The van der Waals surface area contributed by atoms with Crippen LogP contribution in [0, 0.1) is 11.8 Å². The van der Waals surface area contributed by atoms with Crippen LogP contribution < -0.4 is 5.32 Å². The van der Waals surface area contributed by atoms with Crippen LogP contribution in [0.3, 0.4) is 0 Å². The Kier molecular flexibility index (Phi) is 5.58. The third-order valence-electron chi connectivity index (χ3n) is 4.30. The van der Waals surface area contributed by atoms with Gasteiger partial charge >= 0.3 is 0 Å². The number of hydrogen-bond acceptors (Lipinski definition) is 4. The van der Waals surface area contributed by atoms with Gasteiger partial charge in [0.1, 0.15) is 0 Å². The summed E-state index contributed by atoms with van der Waals surface area (Å²) in [5, 5.41) is 3.15. The molecular weight excluding hydrogens is 270 g/mol. The summed E-state index contributed by atoms with van der Waals surface area (Å²) in [5.41, 5.74) is 0. The Labute approximate surface area is 126 Å². The Morgan fingerprint density at radius 3 is 2.33 bits per heavy atom. The molecule has 6 heteroatoms. The molecule has 0 aromatic rings. The molecule has 0 saturated carbocycles. The van der Waals surface area contributed by atoms with Crippen LogP contribution in [0.25, 0.3) is 0 Å². The van der Waals surface area contributed by atoms with Gasteiger partial charge in [-0.15, -0.1) is 0 Å². The molecule has 2 unspecified atom stereocenters. The molecule has 21 heavy (non-hydrogen) atoms. The monoisotopic (exact) mass is 297 g/mol. The van der Waals surface area contributed by atoms with Gasteiger partial charge in [0.05, 0.1) is 19.1 Å². The summed E-state index contributed by atoms with van der Waals surface area (Å²) >= 11 is 0. The first-order valence-electron chi connectivity index (χ1n) is 7.84. The predicted octanol–water partition coefficient (Wildman–Crippen LogP) is -0.0623. The van der Waals surface area contributed by atoms with Crippen molar-refractivity contribution in [3.05, 3.63) is 0 Å². The first-order chi connectivity index (χ1) is 10.0. The highest BCUT2D eigenvalue weighted by molar-refractivity contribution is 5.81. The Morgan fingerprint density at radius 1 is 1.14 bits per heavy atom. The minimum absolute atomic E-state index is 0.0899. The Balaban J connectivity index is 1.83. The van der Waals surface area contributed by atoms with E-state index in [-0.39, 0.29) is 23.8 Å². The van der Waals surface area contributed by atoms with E-state index in [0.717, 1.165) is 0 Å². The van der Waals surface area contributed by atoms with E-state index in [1.165, 1.54) is 0 Å². The van der Waals surface area contributed by atoms with Gasteiger partial charge in [-0.05, 0) is 13.0 Å². The Bertz CT molecular complexity index is 378. The van der Waals surface area contributed by atoms with E-state index in [9.17, 15) is 9.59 Å². The SMILES string of the molecule is CNC1COCC1C(=O)N1CCN(C(=O)CC(C)C)CC1. The van der Waals surface area contributed by atoms with Crippen molar-refractivity contribution in [2.45, 2.75) is 26.3 Å². The van der Waals surface area contributed by atoms with Crippen molar-refractivity contribution in [1.29, 1.82) is 0 Å². The molecular formula is C15H27N3O3. The maximum Gasteiger partial charge on any atom is 0.229 e. The average molecular weight is 297 g/mol. The zero-order valence-electron chi connectivity index (χ0n) is 13.3. The largest absolute Gasteiger partial charge is 0.379 e. The van der Waals surface area contributed by atoms with Crippen molar-refractivity contribution in [2.24, 2.45) is 11.8 Å². The molecule has 2 aliphatic rings. The van der Waals surface area contributed by atoms with Gasteiger partial charge in [-0.3, -0.25) is 9.59 Å². The molecule has 2 rings (SSSR count). The number of ether oxygens (including phenoxy) is 1. The zero-order valence-corrected chi connectivity index (χ0v) is 13.3. The summed E-state index contributed by atoms with van der Waals surface area (Å²) in [6.07, 6.45) is 0.590. The van der Waals surface area contributed by atoms with Crippen LogP contribution in [-0.2, 0) is 14.3 Å². The smallest absolute Gasteiger partial charge is 0.229 e. The fourth-order valence-electron chi connectivity index (χ4n) is 2.97. The number of amides is 2. The average Bonchev–Trinajstić information content (AvgIpc) is 2.94. The molecule has 2 aliphatic heterocycles. The minimum atomic E-state index is -0.0899. The first-order valence-corrected chi connectivity index (χ1v) is 7.84. The molecule has 2 amide bonds. The maximum absolute atomic E-state index is 12.5. The number of nitrogens with one attached hydrogen (secondary N) is 1. The number of hydrogen-bond donors (Lipinski definition) is 1. The van der Waals surface area contributed by atoms with E-state index in [2.05, 4.69) is 19.2 Å². The van der Waals surface area contributed by atoms with Gasteiger partial charge in [-0.25, -0.2) is 0 Å². The van der Waals surface area contributed by atoms with Gasteiger partial charge in [-0.2, -0.15) is 0 Å². The van der Waals surface area contributed by atoms with Gasteiger partial charge < -0.3 is 19.9 Å².